The molecule has 0 aliphatic carbocycles. The van der Waals surface area contributed by atoms with Crippen molar-refractivity contribution in [1.29, 1.82) is 0 Å². The maximum atomic E-state index is 8.14. The van der Waals surface area contributed by atoms with Crippen LogP contribution in [0.3, 0.4) is 0 Å². The van der Waals surface area contributed by atoms with Crippen molar-refractivity contribution in [2.24, 2.45) is 0 Å². The summed E-state index contributed by atoms with van der Waals surface area (Å²) in [6, 6.07) is 6.37. The molecule has 4 nitrogen and oxygen atoms in total. The van der Waals surface area contributed by atoms with Gasteiger partial charge in [0.25, 0.3) is 13.4 Å². The molecular weight excluding hydrogens is 1020 g/mol. The summed E-state index contributed by atoms with van der Waals surface area (Å²) in [4.78, 5) is 0. The number of aliphatic hydroxyl groups is 1. The fraction of sp³-hybridized carbons (Fsp3) is 1.00. The first kappa shape index (κ1) is 84.6. The van der Waals surface area contributed by atoms with Gasteiger partial charge in [-0.1, -0.05) is 55.4 Å². The van der Waals surface area contributed by atoms with E-state index in [9.17, 15) is 0 Å². The molecule has 20 heteroatoms. The fourth-order valence-electron chi connectivity index (χ4n) is 4.84. The summed E-state index contributed by atoms with van der Waals surface area (Å²) < 4.78 is 16.6. The Balaban J connectivity index is -0.0000000450. The largest absolute Gasteiger partial charge is 2.00 e. The zero-order valence-corrected chi connectivity index (χ0v) is 45.5. The number of unbranched alkanes of at least 4 members (excludes halogenated alkanes) is 5. The monoisotopic (exact) mass is 1100 g/mol. The zero-order chi connectivity index (χ0) is 36.2. The first-order valence-electron chi connectivity index (χ1n) is 18.1. The van der Waals surface area contributed by atoms with E-state index in [-0.39, 0.29) is 110 Å². The Kier molecular flexibility index (Phi) is 94.1. The standard InChI is InChI=1S/2C8H16Cl4Si.C8H16O2Si.C4H9ClO.C4H8O.4CH4.2ClH.2Mg.2H/c2*9-5-1-3-7-13(11,12)8-4-2-6-10;1-3-7-11(9-5-1)8-4-2-6-10-11;5-3-1-2-4-6;1-2-4-5-3-1;;;;;;;;;;/h2*1-8H2;1-8H2;6H,1-4H2;1-4H2;4*1H4;2*1H;;;;/q;;;;;;;;;;;2*+2;2*-1/p-2. The zero-order valence-electron chi connectivity index (χ0n) is 33.4. The maximum Gasteiger partial charge on any atom is 2.00 e. The Hall–Kier alpha value is 5.21. The second-order valence-corrected chi connectivity index (χ2v) is 32.8. The normalized spacial score (nSPS) is 14.7. The fourth-order valence-corrected chi connectivity index (χ4v) is 16.1. The molecule has 0 atom stereocenters. The Bertz CT molecular complexity index is 597. The molecule has 3 aliphatic rings. The molecule has 0 saturated carbocycles. The molecule has 3 heterocycles. The van der Waals surface area contributed by atoms with E-state index < -0.39 is 21.9 Å². The Morgan fingerprint density at radius 3 is 0.893 bits per heavy atom. The van der Waals surface area contributed by atoms with E-state index in [0.29, 0.717) is 29.4 Å². The predicted octanol–water partition coefficient (Wildman–Crippen LogP) is 9.75. The number of hydrogen-bond donors (Lipinski definition) is 1. The van der Waals surface area contributed by atoms with Crippen LogP contribution in [0, 0.1) is 0 Å². The second-order valence-electron chi connectivity index (χ2n) is 12.3. The Morgan fingerprint density at radius 2 is 0.714 bits per heavy atom. The van der Waals surface area contributed by atoms with Crippen LogP contribution in [-0.2, 0) is 13.6 Å². The molecule has 344 valence electrons. The number of rotatable bonds is 19. The first-order valence-corrected chi connectivity index (χ1v) is 31.9. The van der Waals surface area contributed by atoms with Gasteiger partial charge < -0.3 is 46.4 Å². The molecule has 1 N–H and O–H groups in total. The number of aliphatic hydroxyl groups excluding tert-OH is 1. The third-order valence-corrected chi connectivity index (χ3v) is 21.6. The van der Waals surface area contributed by atoms with Crippen LogP contribution in [0.2, 0.25) is 36.3 Å². The summed E-state index contributed by atoms with van der Waals surface area (Å²) in [5.41, 5.74) is 0. The van der Waals surface area contributed by atoms with Gasteiger partial charge in [0, 0.05) is 62.4 Å². The minimum atomic E-state index is -1.95. The number of halogens is 11. The summed E-state index contributed by atoms with van der Waals surface area (Å²) in [6.07, 6.45) is 17.8. The molecule has 0 unspecified atom stereocenters. The van der Waals surface area contributed by atoms with E-state index in [2.05, 4.69) is 0 Å². The van der Waals surface area contributed by atoms with E-state index in [0.717, 1.165) is 115 Å². The van der Waals surface area contributed by atoms with Crippen molar-refractivity contribution in [3.8, 4) is 0 Å². The predicted molar refractivity (Wildman–Crippen MR) is 267 cm³/mol. The van der Waals surface area contributed by atoms with Crippen LogP contribution < -0.4 is 24.8 Å². The number of ether oxygens (including phenoxy) is 1. The van der Waals surface area contributed by atoms with Gasteiger partial charge in [0.1, 0.15) is 0 Å². The first-order chi connectivity index (χ1) is 23.1. The summed E-state index contributed by atoms with van der Waals surface area (Å²) in [5, 5.41) is 8.14. The van der Waals surface area contributed by atoms with Crippen LogP contribution in [0.25, 0.3) is 0 Å². The molecule has 0 amide bonds. The minimum absolute atomic E-state index is 0. The van der Waals surface area contributed by atoms with E-state index in [1.807, 2.05) is 0 Å². The van der Waals surface area contributed by atoms with Crippen molar-refractivity contribution in [3.63, 3.8) is 0 Å². The van der Waals surface area contributed by atoms with Crippen LogP contribution in [0.5, 0.6) is 0 Å². The van der Waals surface area contributed by atoms with Crippen molar-refractivity contribution in [2.75, 3.05) is 62.4 Å². The van der Waals surface area contributed by atoms with Gasteiger partial charge in [-0.15, -0.1) is 102 Å². The maximum absolute atomic E-state index is 8.14. The second kappa shape index (κ2) is 62.3. The van der Waals surface area contributed by atoms with Crippen molar-refractivity contribution in [1.82, 2.24) is 0 Å². The van der Waals surface area contributed by atoms with Gasteiger partial charge >= 0.3 is 54.7 Å². The smallest absolute Gasteiger partial charge is 1.00 e. The molecule has 0 aromatic carbocycles. The average Bonchev–Trinajstić information content (AvgIpc) is 3.67. The Labute approximate surface area is 442 Å². The molecule has 0 aromatic rings. The topological polar surface area (TPSA) is 47.9 Å². The average molecular weight is 1100 g/mol. The van der Waals surface area contributed by atoms with Crippen molar-refractivity contribution >= 4 is 170 Å². The van der Waals surface area contributed by atoms with Gasteiger partial charge in [0.2, 0.25) is 0 Å². The van der Waals surface area contributed by atoms with E-state index in [1.54, 1.807) is 0 Å². The van der Waals surface area contributed by atoms with Gasteiger partial charge in [-0.25, -0.2) is 0 Å². The molecule has 3 fully saturated rings. The molecule has 1 spiro atoms. The van der Waals surface area contributed by atoms with Crippen molar-refractivity contribution in [2.45, 2.75) is 169 Å². The molecule has 3 rings (SSSR count). The summed E-state index contributed by atoms with van der Waals surface area (Å²) >= 11 is 52.4. The summed E-state index contributed by atoms with van der Waals surface area (Å²) in [5.74, 6) is 3.50. The van der Waals surface area contributed by atoms with Crippen LogP contribution >= 0.6 is 102 Å². The van der Waals surface area contributed by atoms with Gasteiger partial charge in [-0.05, 0) is 113 Å². The number of alkyl halides is 5. The molecule has 3 aliphatic heterocycles. The van der Waals surface area contributed by atoms with Gasteiger partial charge in [-0.3, -0.25) is 0 Å². The summed E-state index contributed by atoms with van der Waals surface area (Å²) in [6.45, 7) is 0.298. The van der Waals surface area contributed by atoms with Gasteiger partial charge in [0.15, 0.2) is 0 Å². The minimum Gasteiger partial charge on any atom is -1.00 e. The van der Waals surface area contributed by atoms with Crippen LogP contribution in [0.15, 0.2) is 0 Å². The third-order valence-electron chi connectivity index (χ3n) is 7.71. The summed E-state index contributed by atoms with van der Waals surface area (Å²) in [7, 11) is -1.57. The quantitative estimate of drug-likeness (QED) is 0.0607. The Morgan fingerprint density at radius 1 is 0.446 bits per heavy atom. The van der Waals surface area contributed by atoms with Crippen molar-refractivity contribution in [3.05, 3.63) is 0 Å². The molecule has 56 heavy (non-hydrogen) atoms. The van der Waals surface area contributed by atoms with Crippen molar-refractivity contribution < 1.29 is 46.4 Å². The third kappa shape index (κ3) is 61.3. The van der Waals surface area contributed by atoms with E-state index in [4.69, 9.17) is 121 Å². The molecule has 0 bridgehead atoms. The molecular formula is C36H83Cl11Mg2O4Si3. The number of hydrogen-bond acceptors (Lipinski definition) is 4. The SMILES string of the molecule is C.C.C.C.C1CCOC1.C1CC[Si]2(CCCCO2)OC1.ClCCCC[Si](Cl)(Cl)CCCCCl.ClCCCC[Si](Cl)(Cl)CCCCCl.OCCCCCl.[Cl-].[Cl-].[H-].[H-].[Mg+2].[Mg+2]. The van der Waals surface area contributed by atoms with Crippen LogP contribution in [-0.4, -0.2) is 136 Å². The van der Waals surface area contributed by atoms with E-state index >= 15 is 0 Å². The van der Waals surface area contributed by atoms with Crippen LogP contribution in [0.1, 0.15) is 135 Å². The molecule has 3 saturated heterocycles. The van der Waals surface area contributed by atoms with Crippen LogP contribution in [0.4, 0.5) is 0 Å². The molecule has 0 radical (unpaired) electrons. The van der Waals surface area contributed by atoms with E-state index in [1.165, 1.54) is 50.6 Å². The van der Waals surface area contributed by atoms with Gasteiger partial charge in [0.05, 0.1) is 0 Å². The molecule has 0 aromatic heterocycles. The van der Waals surface area contributed by atoms with Gasteiger partial charge in [-0.2, -0.15) is 0 Å².